The molecule has 8 nitrogen and oxygen atoms in total. The number of aryl methyl sites for hydroxylation is 1. The van der Waals surface area contributed by atoms with Crippen molar-refractivity contribution in [3.05, 3.63) is 70.8 Å². The lowest BCUT2D eigenvalue weighted by Gasteiger charge is -2.37. The third kappa shape index (κ3) is 5.12. The summed E-state index contributed by atoms with van der Waals surface area (Å²) in [4.78, 5) is 12.8. The Kier molecular flexibility index (Phi) is 6.65. The van der Waals surface area contributed by atoms with Gasteiger partial charge in [-0.3, -0.25) is 4.98 Å². The summed E-state index contributed by atoms with van der Waals surface area (Å²) in [5.41, 5.74) is 2.19. The molecule has 1 aromatic carbocycles. The van der Waals surface area contributed by atoms with Crippen molar-refractivity contribution in [2.75, 3.05) is 0 Å². The number of ether oxygens (including phenoxy) is 2. The number of nitrogens with zero attached hydrogens (tertiary/aromatic N) is 4. The lowest BCUT2D eigenvalue weighted by molar-refractivity contribution is 0.0907. The van der Waals surface area contributed by atoms with Gasteiger partial charge in [-0.05, 0) is 56.5 Å². The van der Waals surface area contributed by atoms with Gasteiger partial charge in [-0.25, -0.2) is 18.4 Å². The highest BCUT2D eigenvalue weighted by atomic mass is 35.5. The molecule has 184 valence electrons. The first-order valence-electron chi connectivity index (χ1n) is 11.6. The molecular formula is C25H27ClN4O4S. The summed E-state index contributed by atoms with van der Waals surface area (Å²) in [6.07, 6.45) is 5.92. The minimum Gasteiger partial charge on any atom is -0.474 e. The highest BCUT2D eigenvalue weighted by Gasteiger charge is 2.47. The van der Waals surface area contributed by atoms with Gasteiger partial charge in [0.2, 0.25) is 21.8 Å². The van der Waals surface area contributed by atoms with E-state index in [1.807, 2.05) is 19.9 Å². The average Bonchev–Trinajstić information content (AvgIpc) is 3.11. The van der Waals surface area contributed by atoms with Crippen molar-refractivity contribution in [1.82, 2.24) is 19.3 Å². The summed E-state index contributed by atoms with van der Waals surface area (Å²) >= 11 is 5.95. The maximum Gasteiger partial charge on any atom is 0.229 e. The van der Waals surface area contributed by atoms with Crippen molar-refractivity contribution < 1.29 is 17.9 Å². The zero-order valence-electron chi connectivity index (χ0n) is 19.6. The van der Waals surface area contributed by atoms with E-state index >= 15 is 0 Å². The molecule has 2 aliphatic heterocycles. The molecule has 2 atom stereocenters. The molecule has 0 spiro atoms. The Morgan fingerprint density at radius 3 is 2.37 bits per heavy atom. The largest absolute Gasteiger partial charge is 0.474 e. The van der Waals surface area contributed by atoms with Gasteiger partial charge in [-0.15, -0.1) is 0 Å². The van der Waals surface area contributed by atoms with Crippen molar-refractivity contribution in [3.63, 3.8) is 0 Å². The fourth-order valence-corrected chi connectivity index (χ4v) is 7.16. The van der Waals surface area contributed by atoms with Gasteiger partial charge in [0.05, 0.1) is 17.0 Å². The SMILES string of the molecule is Cc1ncccc1Oc1ncnc(OC2C[C@@H]3CC[C@@H](C2)N3S(=O)(=O)Cc2ccc(Cl)cc2)c1C. The van der Waals surface area contributed by atoms with Gasteiger partial charge in [-0.2, -0.15) is 4.31 Å². The Bertz CT molecular complexity index is 1310. The lowest BCUT2D eigenvalue weighted by Crippen LogP contribution is -2.49. The fourth-order valence-electron chi connectivity index (χ4n) is 4.98. The van der Waals surface area contributed by atoms with Gasteiger partial charge in [0.1, 0.15) is 12.4 Å². The predicted molar refractivity (Wildman–Crippen MR) is 132 cm³/mol. The molecular weight excluding hydrogens is 488 g/mol. The number of pyridine rings is 1. The Labute approximate surface area is 210 Å². The first-order chi connectivity index (χ1) is 16.8. The molecule has 4 heterocycles. The molecule has 0 aliphatic carbocycles. The van der Waals surface area contributed by atoms with E-state index in [9.17, 15) is 8.42 Å². The first kappa shape index (κ1) is 24.0. The molecule has 0 radical (unpaired) electrons. The van der Waals surface area contributed by atoms with E-state index in [2.05, 4.69) is 15.0 Å². The number of benzene rings is 1. The van der Waals surface area contributed by atoms with Crippen LogP contribution in [0.3, 0.4) is 0 Å². The average molecular weight is 515 g/mol. The maximum atomic E-state index is 13.3. The molecule has 10 heteroatoms. The molecule has 0 saturated carbocycles. The molecule has 5 rings (SSSR count). The van der Waals surface area contributed by atoms with Crippen LogP contribution in [-0.2, 0) is 15.8 Å². The van der Waals surface area contributed by atoms with E-state index in [0.717, 1.165) is 24.1 Å². The molecule has 35 heavy (non-hydrogen) atoms. The summed E-state index contributed by atoms with van der Waals surface area (Å²) < 4.78 is 40.5. The number of hydrogen-bond donors (Lipinski definition) is 0. The number of halogens is 1. The zero-order chi connectivity index (χ0) is 24.6. The highest BCUT2D eigenvalue weighted by Crippen LogP contribution is 2.40. The van der Waals surface area contributed by atoms with Crippen LogP contribution in [0.15, 0.2) is 48.9 Å². The van der Waals surface area contributed by atoms with E-state index in [-0.39, 0.29) is 23.9 Å². The van der Waals surface area contributed by atoms with Crippen LogP contribution in [0.4, 0.5) is 0 Å². The number of sulfonamides is 1. The van der Waals surface area contributed by atoms with Crippen LogP contribution in [0, 0.1) is 13.8 Å². The van der Waals surface area contributed by atoms with E-state index in [4.69, 9.17) is 21.1 Å². The first-order valence-corrected chi connectivity index (χ1v) is 13.6. The quantitative estimate of drug-likeness (QED) is 0.445. The lowest BCUT2D eigenvalue weighted by atomic mass is 10.0. The van der Waals surface area contributed by atoms with Gasteiger partial charge < -0.3 is 9.47 Å². The zero-order valence-corrected chi connectivity index (χ0v) is 21.2. The second kappa shape index (κ2) is 9.72. The third-order valence-corrected chi connectivity index (χ3v) is 8.83. The van der Waals surface area contributed by atoms with Gasteiger partial charge in [-0.1, -0.05) is 23.7 Å². The number of fused-ring (bicyclic) bond motifs is 2. The summed E-state index contributed by atoms with van der Waals surface area (Å²) in [5.74, 6) is 1.47. The van der Waals surface area contributed by atoms with Crippen molar-refractivity contribution >= 4 is 21.6 Å². The van der Waals surface area contributed by atoms with Crippen molar-refractivity contribution in [2.24, 2.45) is 0 Å². The molecule has 0 unspecified atom stereocenters. The molecule has 2 fully saturated rings. The van der Waals surface area contributed by atoms with Gasteiger partial charge in [0, 0.05) is 36.1 Å². The summed E-state index contributed by atoms with van der Waals surface area (Å²) in [6, 6.07) is 10.5. The summed E-state index contributed by atoms with van der Waals surface area (Å²) in [6.45, 7) is 3.73. The van der Waals surface area contributed by atoms with Crippen molar-refractivity contribution in [3.8, 4) is 17.5 Å². The van der Waals surface area contributed by atoms with Gasteiger partial charge >= 0.3 is 0 Å². The van der Waals surface area contributed by atoms with Crippen LogP contribution in [0.2, 0.25) is 5.02 Å². The molecule has 2 bridgehead atoms. The summed E-state index contributed by atoms with van der Waals surface area (Å²) in [7, 11) is -3.45. The van der Waals surface area contributed by atoms with Crippen LogP contribution in [0.5, 0.6) is 17.5 Å². The van der Waals surface area contributed by atoms with Gasteiger partial charge in [0.15, 0.2) is 5.75 Å². The van der Waals surface area contributed by atoms with E-state index in [1.165, 1.54) is 6.33 Å². The molecule has 3 aromatic rings. The smallest absolute Gasteiger partial charge is 0.229 e. The Hall–Kier alpha value is -2.75. The van der Waals surface area contributed by atoms with Crippen molar-refractivity contribution in [2.45, 2.75) is 63.5 Å². The minimum absolute atomic E-state index is 0.0256. The van der Waals surface area contributed by atoms with E-state index in [1.54, 1.807) is 40.8 Å². The van der Waals surface area contributed by atoms with Crippen LogP contribution in [0.1, 0.15) is 42.5 Å². The third-order valence-electron chi connectivity index (χ3n) is 6.64. The van der Waals surface area contributed by atoms with E-state index in [0.29, 0.717) is 40.9 Å². The maximum absolute atomic E-state index is 13.3. The molecule has 0 amide bonds. The van der Waals surface area contributed by atoms with Crippen LogP contribution >= 0.6 is 11.6 Å². The fraction of sp³-hybridized carbons (Fsp3) is 0.400. The monoisotopic (exact) mass is 514 g/mol. The second-order valence-electron chi connectivity index (χ2n) is 9.11. The van der Waals surface area contributed by atoms with Crippen molar-refractivity contribution in [1.29, 1.82) is 0 Å². The second-order valence-corrected chi connectivity index (χ2v) is 11.4. The minimum atomic E-state index is -3.45. The van der Waals surface area contributed by atoms with Crippen LogP contribution in [-0.4, -0.2) is 45.9 Å². The highest BCUT2D eigenvalue weighted by molar-refractivity contribution is 7.88. The normalized spacial score (nSPS) is 22.2. The number of aromatic nitrogens is 3. The number of hydrogen-bond acceptors (Lipinski definition) is 7. The number of rotatable bonds is 7. The van der Waals surface area contributed by atoms with E-state index < -0.39 is 10.0 Å². The predicted octanol–water partition coefficient (Wildman–Crippen LogP) is 4.84. The molecule has 2 saturated heterocycles. The molecule has 0 N–H and O–H groups in total. The Balaban J connectivity index is 1.28. The topological polar surface area (TPSA) is 94.5 Å². The van der Waals surface area contributed by atoms with Gasteiger partial charge in [0.25, 0.3) is 0 Å². The van der Waals surface area contributed by atoms with Crippen LogP contribution < -0.4 is 9.47 Å². The number of piperidine rings is 1. The molecule has 2 aromatic heterocycles. The summed E-state index contributed by atoms with van der Waals surface area (Å²) in [5, 5.41) is 0.591. The van der Waals surface area contributed by atoms with Crippen LogP contribution in [0.25, 0.3) is 0 Å². The molecule has 2 aliphatic rings. The standard InChI is InChI=1S/C25H27ClN4O4S/c1-16-24(28-15-29-25(16)34-23-4-3-11-27-17(23)2)33-22-12-20-9-10-21(13-22)30(20)35(31,32)14-18-5-7-19(26)8-6-18/h3-8,11,15,20-22H,9-10,12-14H2,1-2H3/t20-,21-/m0/s1. The Morgan fingerprint density at radius 2 is 1.69 bits per heavy atom. The Morgan fingerprint density at radius 1 is 1.00 bits per heavy atom.